The van der Waals surface area contributed by atoms with Gasteiger partial charge in [0.05, 0.1) is 11.5 Å². The first-order valence-corrected chi connectivity index (χ1v) is 7.51. The molecule has 0 radical (unpaired) electrons. The van der Waals surface area contributed by atoms with Gasteiger partial charge in [0.1, 0.15) is 6.07 Å². The van der Waals surface area contributed by atoms with Crippen molar-refractivity contribution in [2.75, 3.05) is 0 Å². The van der Waals surface area contributed by atoms with Gasteiger partial charge in [-0.2, -0.15) is 5.26 Å². The van der Waals surface area contributed by atoms with Crippen LogP contribution in [-0.2, 0) is 4.79 Å². The van der Waals surface area contributed by atoms with Crippen LogP contribution in [0.5, 0.6) is 0 Å². The van der Waals surface area contributed by atoms with Crippen LogP contribution in [0.2, 0.25) is 0 Å². The van der Waals surface area contributed by atoms with Crippen molar-refractivity contribution in [3.63, 3.8) is 0 Å². The normalized spacial score (nSPS) is 12.7. The molecule has 0 aliphatic heterocycles. The van der Waals surface area contributed by atoms with Gasteiger partial charge in [-0.25, -0.2) is 0 Å². The Morgan fingerprint density at radius 3 is 1.61 bits per heavy atom. The molecular formula is C20H18NO2-. The van der Waals surface area contributed by atoms with E-state index < -0.39 is 5.97 Å². The number of carboxylic acids is 1. The second kappa shape index (κ2) is 7.42. The number of hydrogen-bond donors (Lipinski definition) is 0. The highest BCUT2D eigenvalue weighted by Crippen LogP contribution is 2.37. The quantitative estimate of drug-likeness (QED) is 0.629. The second-order valence-corrected chi connectivity index (χ2v) is 5.49. The van der Waals surface area contributed by atoms with E-state index in [4.69, 9.17) is 0 Å². The van der Waals surface area contributed by atoms with Crippen molar-refractivity contribution in [1.29, 1.82) is 5.26 Å². The summed E-state index contributed by atoms with van der Waals surface area (Å²) in [6.45, 7) is 3.84. The summed E-state index contributed by atoms with van der Waals surface area (Å²) in [6.07, 6.45) is 0. The molecule has 0 heterocycles. The predicted molar refractivity (Wildman–Crippen MR) is 87.4 cm³/mol. The molecule has 0 amide bonds. The summed E-state index contributed by atoms with van der Waals surface area (Å²) in [6, 6.07) is 21.0. The van der Waals surface area contributed by atoms with Gasteiger partial charge in [0, 0.05) is 11.8 Å². The monoisotopic (exact) mass is 304 g/mol. The van der Waals surface area contributed by atoms with Crippen LogP contribution < -0.4 is 5.11 Å². The zero-order chi connectivity index (χ0) is 16.8. The first-order valence-electron chi connectivity index (χ1n) is 7.51. The van der Waals surface area contributed by atoms with E-state index in [9.17, 15) is 15.2 Å². The van der Waals surface area contributed by atoms with Crippen molar-refractivity contribution in [2.24, 2.45) is 0 Å². The van der Waals surface area contributed by atoms with Gasteiger partial charge >= 0.3 is 0 Å². The van der Waals surface area contributed by atoms with Crippen molar-refractivity contribution < 1.29 is 9.90 Å². The topological polar surface area (TPSA) is 63.9 Å². The summed E-state index contributed by atoms with van der Waals surface area (Å²) in [5.41, 5.74) is 2.24. The Hall–Kier alpha value is -2.86. The van der Waals surface area contributed by atoms with Gasteiger partial charge < -0.3 is 9.90 Å². The molecule has 0 bridgehead atoms. The zero-order valence-corrected chi connectivity index (χ0v) is 13.2. The highest BCUT2D eigenvalue weighted by atomic mass is 16.4. The van der Waals surface area contributed by atoms with Gasteiger partial charge in [0.25, 0.3) is 0 Å². The Morgan fingerprint density at radius 2 is 1.30 bits per heavy atom. The molecule has 0 aliphatic rings. The van der Waals surface area contributed by atoms with Crippen LogP contribution in [0.25, 0.3) is 0 Å². The number of carbonyl (C=O) groups is 1. The number of nitrogens with zero attached hydrogens (tertiary/aromatic N) is 1. The summed E-state index contributed by atoms with van der Waals surface area (Å²) in [4.78, 5) is 11.5. The Kier molecular flexibility index (Phi) is 5.32. The summed E-state index contributed by atoms with van der Waals surface area (Å²) in [5.74, 6) is -1.81. The fourth-order valence-electron chi connectivity index (χ4n) is 2.88. The number of carboxylic acid groups (broad SMARTS) is 1. The maximum Gasteiger partial charge on any atom is 0.101 e. The molecule has 0 aliphatic carbocycles. The van der Waals surface area contributed by atoms with Crippen molar-refractivity contribution in [3.8, 4) is 6.07 Å². The minimum atomic E-state index is -1.42. The molecule has 0 saturated carbocycles. The standard InChI is InChI=1S/C20H19NO2/c1-14(16-9-5-3-6-10-16)19(18(13-21)20(22)23)15(2)17-11-7-4-8-12-17/h3-12,14-15H,1-2H3,(H,22,23)/p-1. The van der Waals surface area contributed by atoms with Crippen LogP contribution in [0, 0.1) is 11.3 Å². The van der Waals surface area contributed by atoms with E-state index in [2.05, 4.69) is 0 Å². The average molecular weight is 304 g/mol. The molecule has 2 rings (SSSR count). The molecular weight excluding hydrogens is 286 g/mol. The number of nitriles is 1. The smallest absolute Gasteiger partial charge is 0.101 e. The Bertz CT molecular complexity index is 695. The molecule has 0 saturated heterocycles. The molecule has 0 fully saturated rings. The number of hydrogen-bond acceptors (Lipinski definition) is 3. The van der Waals surface area contributed by atoms with Crippen molar-refractivity contribution in [2.45, 2.75) is 25.7 Å². The van der Waals surface area contributed by atoms with Crippen LogP contribution in [0.3, 0.4) is 0 Å². The molecule has 2 aromatic carbocycles. The van der Waals surface area contributed by atoms with Crippen molar-refractivity contribution in [3.05, 3.63) is 82.9 Å². The van der Waals surface area contributed by atoms with E-state index in [0.29, 0.717) is 5.57 Å². The van der Waals surface area contributed by atoms with Crippen LogP contribution >= 0.6 is 0 Å². The number of carbonyl (C=O) groups excluding carboxylic acids is 1. The fourth-order valence-corrected chi connectivity index (χ4v) is 2.88. The molecule has 3 nitrogen and oxygen atoms in total. The Morgan fingerprint density at radius 1 is 0.913 bits per heavy atom. The van der Waals surface area contributed by atoms with E-state index in [1.807, 2.05) is 80.6 Å². The van der Waals surface area contributed by atoms with Gasteiger partial charge in [-0.15, -0.1) is 0 Å². The van der Waals surface area contributed by atoms with Crippen LogP contribution in [0.4, 0.5) is 0 Å². The average Bonchev–Trinajstić information content (AvgIpc) is 2.59. The Balaban J connectivity index is 2.58. The van der Waals surface area contributed by atoms with Gasteiger partial charge in [0.15, 0.2) is 0 Å². The van der Waals surface area contributed by atoms with Gasteiger partial charge in [-0.05, 0) is 16.7 Å². The molecule has 2 aromatic rings. The predicted octanol–water partition coefficient (Wildman–Crippen LogP) is 3.16. The summed E-state index contributed by atoms with van der Waals surface area (Å²) in [5, 5.41) is 20.8. The maximum atomic E-state index is 11.5. The minimum absolute atomic E-state index is 0.195. The number of benzene rings is 2. The van der Waals surface area contributed by atoms with E-state index in [1.165, 1.54) is 0 Å². The fraction of sp³-hybridized carbons (Fsp3) is 0.200. The summed E-state index contributed by atoms with van der Waals surface area (Å²) < 4.78 is 0. The van der Waals surface area contributed by atoms with E-state index in [0.717, 1.165) is 11.1 Å². The lowest BCUT2D eigenvalue weighted by Gasteiger charge is -2.25. The Labute approximate surface area is 136 Å². The van der Waals surface area contributed by atoms with E-state index in [1.54, 1.807) is 0 Å². The first-order chi connectivity index (χ1) is 11.1. The number of aliphatic carboxylic acids is 1. The third-order valence-corrected chi connectivity index (χ3v) is 4.14. The van der Waals surface area contributed by atoms with E-state index >= 15 is 0 Å². The third-order valence-electron chi connectivity index (χ3n) is 4.14. The third kappa shape index (κ3) is 3.67. The molecule has 116 valence electrons. The van der Waals surface area contributed by atoms with Gasteiger partial charge in [-0.3, -0.25) is 0 Å². The highest BCUT2D eigenvalue weighted by molar-refractivity contribution is 5.91. The first kappa shape index (κ1) is 16.5. The molecule has 23 heavy (non-hydrogen) atoms. The second-order valence-electron chi connectivity index (χ2n) is 5.49. The maximum absolute atomic E-state index is 11.5. The molecule has 0 aromatic heterocycles. The highest BCUT2D eigenvalue weighted by Gasteiger charge is 2.23. The largest absolute Gasteiger partial charge is 0.544 e. The van der Waals surface area contributed by atoms with Gasteiger partial charge in [0.2, 0.25) is 0 Å². The molecule has 2 atom stereocenters. The zero-order valence-electron chi connectivity index (χ0n) is 13.2. The van der Waals surface area contributed by atoms with Crippen LogP contribution in [0.1, 0.15) is 36.8 Å². The van der Waals surface area contributed by atoms with Crippen molar-refractivity contribution in [1.82, 2.24) is 0 Å². The lowest BCUT2D eigenvalue weighted by atomic mass is 9.79. The molecule has 0 N–H and O–H groups in total. The lowest BCUT2D eigenvalue weighted by Crippen LogP contribution is -2.27. The molecule has 2 unspecified atom stereocenters. The van der Waals surface area contributed by atoms with Crippen molar-refractivity contribution >= 4 is 5.97 Å². The minimum Gasteiger partial charge on any atom is -0.544 e. The molecule has 0 spiro atoms. The number of rotatable bonds is 5. The van der Waals surface area contributed by atoms with E-state index in [-0.39, 0.29) is 17.4 Å². The van der Waals surface area contributed by atoms with Crippen LogP contribution in [0.15, 0.2) is 71.8 Å². The van der Waals surface area contributed by atoms with Gasteiger partial charge in [-0.1, -0.05) is 74.5 Å². The lowest BCUT2D eigenvalue weighted by molar-refractivity contribution is -0.298. The summed E-state index contributed by atoms with van der Waals surface area (Å²) in [7, 11) is 0. The molecule has 3 heteroatoms. The van der Waals surface area contributed by atoms with Crippen LogP contribution in [-0.4, -0.2) is 5.97 Å². The summed E-state index contributed by atoms with van der Waals surface area (Å²) >= 11 is 0. The number of allylic oxidation sites excluding steroid dienone is 1. The SMILES string of the molecule is CC(C(=C(C#N)C(=O)[O-])C(C)c1ccccc1)c1ccccc1.